The maximum absolute atomic E-state index is 12.2. The molecule has 2 rings (SSSR count). The van der Waals surface area contributed by atoms with Crippen molar-refractivity contribution in [3.8, 4) is 5.75 Å². The molecule has 0 radical (unpaired) electrons. The van der Waals surface area contributed by atoms with Crippen LogP contribution in [0.4, 0.5) is 0 Å². The minimum absolute atomic E-state index is 0.118. The minimum Gasteiger partial charge on any atom is -0.506 e. The van der Waals surface area contributed by atoms with Crippen LogP contribution in [0.5, 0.6) is 5.75 Å². The predicted molar refractivity (Wildman–Crippen MR) is 76.5 cm³/mol. The first-order valence-corrected chi connectivity index (χ1v) is 7.09. The Morgan fingerprint density at radius 1 is 1.33 bits per heavy atom. The van der Waals surface area contributed by atoms with Crippen molar-refractivity contribution in [2.45, 2.75) is 24.7 Å². The topological polar surface area (TPSA) is 42.2 Å². The molecule has 0 saturated carbocycles. The van der Waals surface area contributed by atoms with Gasteiger partial charge < -0.3 is 9.67 Å². The lowest BCUT2D eigenvalue weighted by molar-refractivity contribution is 0.465. The summed E-state index contributed by atoms with van der Waals surface area (Å²) in [5.41, 5.74) is 0.646. The molecule has 0 aliphatic carbocycles. The van der Waals surface area contributed by atoms with E-state index in [2.05, 4.69) is 6.92 Å². The summed E-state index contributed by atoms with van der Waals surface area (Å²) in [6.45, 7) is 2.11. The summed E-state index contributed by atoms with van der Waals surface area (Å²) in [7, 11) is 1.74. The van der Waals surface area contributed by atoms with Gasteiger partial charge >= 0.3 is 0 Å². The quantitative estimate of drug-likeness (QED) is 0.680. The molecule has 0 bridgehead atoms. The molecule has 1 N–H and O–H groups in total. The van der Waals surface area contributed by atoms with Crippen LogP contribution >= 0.6 is 11.8 Å². The van der Waals surface area contributed by atoms with Crippen molar-refractivity contribution in [1.29, 1.82) is 0 Å². The normalized spacial score (nSPS) is 11.0. The van der Waals surface area contributed by atoms with E-state index in [0.29, 0.717) is 4.90 Å². The first kappa shape index (κ1) is 13.0. The number of benzene rings is 1. The molecule has 1 aromatic carbocycles. The van der Waals surface area contributed by atoms with E-state index in [9.17, 15) is 9.90 Å². The van der Waals surface area contributed by atoms with Crippen LogP contribution in [0.3, 0.4) is 0 Å². The van der Waals surface area contributed by atoms with E-state index < -0.39 is 0 Å². The molecule has 0 amide bonds. The number of fused-ring (bicyclic) bond motifs is 1. The van der Waals surface area contributed by atoms with Gasteiger partial charge in [-0.1, -0.05) is 25.5 Å². The molecule has 0 aliphatic rings. The Bertz CT molecular complexity index is 619. The fraction of sp³-hybridized carbons (Fsp3) is 0.357. The van der Waals surface area contributed by atoms with Gasteiger partial charge in [-0.15, -0.1) is 11.8 Å². The van der Waals surface area contributed by atoms with E-state index in [-0.39, 0.29) is 11.3 Å². The van der Waals surface area contributed by atoms with E-state index in [4.69, 9.17) is 0 Å². The molecule has 0 saturated heterocycles. The lowest BCUT2D eigenvalue weighted by Crippen LogP contribution is -2.19. The van der Waals surface area contributed by atoms with Crippen LogP contribution in [-0.4, -0.2) is 15.4 Å². The SMILES string of the molecule is CCCCSc1c(O)c2ccccc2n(C)c1=O. The number of rotatable bonds is 4. The van der Waals surface area contributed by atoms with Gasteiger partial charge in [0.25, 0.3) is 5.56 Å². The Morgan fingerprint density at radius 3 is 2.78 bits per heavy atom. The van der Waals surface area contributed by atoms with Gasteiger partial charge in [-0.25, -0.2) is 0 Å². The Balaban J connectivity index is 2.56. The molecule has 0 atom stereocenters. The second-order valence-electron chi connectivity index (χ2n) is 4.26. The number of unbranched alkanes of at least 4 members (excludes halogenated alkanes) is 1. The molecule has 1 heterocycles. The van der Waals surface area contributed by atoms with E-state index in [1.165, 1.54) is 11.8 Å². The molecular formula is C14H17NO2S. The maximum Gasteiger partial charge on any atom is 0.268 e. The summed E-state index contributed by atoms with van der Waals surface area (Å²) in [6.07, 6.45) is 2.13. The number of pyridine rings is 1. The second-order valence-corrected chi connectivity index (χ2v) is 5.37. The van der Waals surface area contributed by atoms with E-state index in [1.807, 2.05) is 24.3 Å². The Labute approximate surface area is 110 Å². The summed E-state index contributed by atoms with van der Waals surface area (Å²) in [5.74, 6) is 0.979. The van der Waals surface area contributed by atoms with Gasteiger partial charge in [-0.3, -0.25) is 4.79 Å². The zero-order chi connectivity index (χ0) is 13.1. The van der Waals surface area contributed by atoms with Crippen molar-refractivity contribution < 1.29 is 5.11 Å². The molecule has 4 heteroatoms. The van der Waals surface area contributed by atoms with Crippen molar-refractivity contribution >= 4 is 22.7 Å². The molecule has 0 unspecified atom stereocenters. The molecule has 1 aromatic heterocycles. The number of nitrogens with zero attached hydrogens (tertiary/aromatic N) is 1. The average molecular weight is 263 g/mol. The predicted octanol–water partition coefficient (Wildman–Crippen LogP) is 3.14. The molecule has 3 nitrogen and oxygen atoms in total. The maximum atomic E-state index is 12.2. The van der Waals surface area contributed by atoms with Crippen molar-refractivity contribution in [3.05, 3.63) is 34.6 Å². The highest BCUT2D eigenvalue weighted by molar-refractivity contribution is 7.99. The monoisotopic (exact) mass is 263 g/mol. The average Bonchev–Trinajstić information content (AvgIpc) is 2.40. The van der Waals surface area contributed by atoms with Crippen LogP contribution in [-0.2, 0) is 7.05 Å². The third-order valence-corrected chi connectivity index (χ3v) is 4.13. The van der Waals surface area contributed by atoms with Gasteiger partial charge in [0.15, 0.2) is 0 Å². The van der Waals surface area contributed by atoms with Crippen molar-refractivity contribution in [1.82, 2.24) is 4.57 Å². The third kappa shape index (κ3) is 2.25. The number of hydrogen-bond donors (Lipinski definition) is 1. The van der Waals surface area contributed by atoms with Crippen LogP contribution in [0.2, 0.25) is 0 Å². The standard InChI is InChI=1S/C14H17NO2S/c1-3-4-9-18-13-12(16)10-7-5-6-8-11(10)15(2)14(13)17/h5-8,16H,3-4,9H2,1-2H3. The largest absolute Gasteiger partial charge is 0.506 e. The summed E-state index contributed by atoms with van der Waals surface area (Å²) in [5, 5.41) is 11.0. The van der Waals surface area contributed by atoms with E-state index >= 15 is 0 Å². The first-order valence-electron chi connectivity index (χ1n) is 6.10. The molecule has 18 heavy (non-hydrogen) atoms. The summed E-state index contributed by atoms with van der Waals surface area (Å²) >= 11 is 1.44. The lowest BCUT2D eigenvalue weighted by atomic mass is 10.2. The number of para-hydroxylation sites is 1. The number of aryl methyl sites for hydroxylation is 1. The zero-order valence-corrected chi connectivity index (χ0v) is 11.5. The van der Waals surface area contributed by atoms with Crippen LogP contribution in [0.25, 0.3) is 10.9 Å². The van der Waals surface area contributed by atoms with Gasteiger partial charge in [0.2, 0.25) is 0 Å². The number of hydrogen-bond acceptors (Lipinski definition) is 3. The van der Waals surface area contributed by atoms with Crippen LogP contribution in [0.15, 0.2) is 34.0 Å². The highest BCUT2D eigenvalue weighted by Crippen LogP contribution is 2.32. The summed E-state index contributed by atoms with van der Waals surface area (Å²) in [4.78, 5) is 12.6. The Morgan fingerprint density at radius 2 is 2.06 bits per heavy atom. The number of thioether (sulfide) groups is 1. The number of aromatic nitrogens is 1. The Hall–Kier alpha value is -1.42. The van der Waals surface area contributed by atoms with Crippen LogP contribution < -0.4 is 5.56 Å². The summed E-state index contributed by atoms with van der Waals surface area (Å²) < 4.78 is 1.60. The van der Waals surface area contributed by atoms with Crippen molar-refractivity contribution in [2.75, 3.05) is 5.75 Å². The highest BCUT2D eigenvalue weighted by Gasteiger charge is 2.14. The van der Waals surface area contributed by atoms with Gasteiger partial charge in [0, 0.05) is 12.4 Å². The molecule has 0 spiro atoms. The van der Waals surface area contributed by atoms with Crippen molar-refractivity contribution in [3.63, 3.8) is 0 Å². The highest BCUT2D eigenvalue weighted by atomic mass is 32.2. The van der Waals surface area contributed by atoms with E-state index in [1.54, 1.807) is 11.6 Å². The fourth-order valence-corrected chi connectivity index (χ4v) is 3.04. The molecule has 0 fully saturated rings. The Kier molecular flexibility index (Phi) is 3.97. The van der Waals surface area contributed by atoms with Crippen molar-refractivity contribution in [2.24, 2.45) is 7.05 Å². The lowest BCUT2D eigenvalue weighted by Gasteiger charge is -2.11. The van der Waals surface area contributed by atoms with Gasteiger partial charge in [0.05, 0.1) is 5.52 Å². The number of aromatic hydroxyl groups is 1. The third-order valence-electron chi connectivity index (χ3n) is 2.98. The van der Waals surface area contributed by atoms with E-state index in [0.717, 1.165) is 29.5 Å². The first-order chi connectivity index (χ1) is 8.66. The molecular weight excluding hydrogens is 246 g/mol. The van der Waals surface area contributed by atoms with Gasteiger partial charge in [-0.05, 0) is 24.3 Å². The smallest absolute Gasteiger partial charge is 0.268 e. The van der Waals surface area contributed by atoms with Gasteiger partial charge in [0.1, 0.15) is 10.6 Å². The van der Waals surface area contributed by atoms with Gasteiger partial charge in [-0.2, -0.15) is 0 Å². The molecule has 0 aliphatic heterocycles. The molecule has 2 aromatic rings. The van der Waals surface area contributed by atoms with Crippen LogP contribution in [0.1, 0.15) is 19.8 Å². The zero-order valence-electron chi connectivity index (χ0n) is 10.6. The second kappa shape index (κ2) is 5.48. The summed E-state index contributed by atoms with van der Waals surface area (Å²) in [6, 6.07) is 7.42. The molecule has 96 valence electrons. The fourth-order valence-electron chi connectivity index (χ4n) is 1.90. The minimum atomic E-state index is -0.118. The van der Waals surface area contributed by atoms with Crippen LogP contribution in [0, 0.1) is 0 Å².